The Morgan fingerprint density at radius 1 is 0.978 bits per heavy atom. The van der Waals surface area contributed by atoms with Crippen LogP contribution in [0, 0.1) is 11.7 Å². The number of alkyl halides is 2. The molecule has 0 amide bonds. The molecular weight excluding hydrogens is 581 g/mol. The van der Waals surface area contributed by atoms with Crippen molar-refractivity contribution in [1.29, 1.82) is 0 Å². The lowest BCUT2D eigenvalue weighted by Gasteiger charge is -2.28. The van der Waals surface area contributed by atoms with Gasteiger partial charge >= 0.3 is 5.97 Å². The summed E-state index contributed by atoms with van der Waals surface area (Å²) in [5, 5.41) is 11.1. The predicted octanol–water partition coefficient (Wildman–Crippen LogP) is 7.55. The molecule has 2 atom stereocenters. The zero-order valence-corrected chi connectivity index (χ0v) is 24.6. The van der Waals surface area contributed by atoms with Gasteiger partial charge in [-0.3, -0.25) is 4.79 Å². The van der Waals surface area contributed by atoms with Crippen molar-refractivity contribution in [2.75, 3.05) is 18.0 Å². The van der Waals surface area contributed by atoms with Gasteiger partial charge in [-0.15, -0.1) is 0 Å². The van der Waals surface area contributed by atoms with E-state index in [9.17, 15) is 18.7 Å². The number of carbonyl (C=O) groups is 1. The number of nitrogens with zero attached hydrogens (tertiary/aromatic N) is 4. The first kappa shape index (κ1) is 29.1. The Labute approximate surface area is 258 Å². The van der Waals surface area contributed by atoms with E-state index in [1.165, 1.54) is 11.0 Å². The summed E-state index contributed by atoms with van der Waals surface area (Å²) in [7, 11) is 0. The minimum absolute atomic E-state index is 0.123. The number of carboxylic acids is 1. The van der Waals surface area contributed by atoms with Crippen LogP contribution in [0.4, 0.5) is 18.9 Å². The van der Waals surface area contributed by atoms with Crippen LogP contribution >= 0.6 is 0 Å². The van der Waals surface area contributed by atoms with Crippen LogP contribution < -0.4 is 9.64 Å². The van der Waals surface area contributed by atoms with Crippen molar-refractivity contribution in [2.45, 2.75) is 57.1 Å². The second-order valence-electron chi connectivity index (χ2n) is 12.1. The fraction of sp³-hybridized carbons (Fsp3) is 0.343. The molecule has 1 aliphatic carbocycles. The van der Waals surface area contributed by atoms with Gasteiger partial charge in [0.2, 0.25) is 0 Å². The molecule has 1 N–H and O–H groups in total. The largest absolute Gasteiger partial charge is 0.487 e. The van der Waals surface area contributed by atoms with Crippen molar-refractivity contribution < 1.29 is 27.8 Å². The van der Waals surface area contributed by atoms with Gasteiger partial charge in [0.25, 0.3) is 5.92 Å². The second kappa shape index (κ2) is 11.7. The first-order valence-electron chi connectivity index (χ1n) is 15.4. The summed E-state index contributed by atoms with van der Waals surface area (Å²) < 4.78 is 51.1. The summed E-state index contributed by atoms with van der Waals surface area (Å²) in [5.41, 5.74) is 3.82. The molecule has 2 aliphatic rings. The molecule has 5 aromatic rings. The lowest BCUT2D eigenvalue weighted by molar-refractivity contribution is -0.143. The highest BCUT2D eigenvalue weighted by Crippen LogP contribution is 2.40. The molecule has 232 valence electrons. The van der Waals surface area contributed by atoms with E-state index in [4.69, 9.17) is 9.72 Å². The van der Waals surface area contributed by atoms with Gasteiger partial charge in [0.15, 0.2) is 0 Å². The fourth-order valence-corrected chi connectivity index (χ4v) is 6.74. The minimum Gasteiger partial charge on any atom is -0.487 e. The monoisotopic (exact) mass is 614 g/mol. The predicted molar refractivity (Wildman–Crippen MR) is 165 cm³/mol. The van der Waals surface area contributed by atoms with Gasteiger partial charge in [-0.1, -0.05) is 43.2 Å². The molecule has 0 radical (unpaired) electrons. The van der Waals surface area contributed by atoms with Crippen molar-refractivity contribution in [1.82, 2.24) is 14.5 Å². The van der Waals surface area contributed by atoms with Crippen molar-refractivity contribution in [3.05, 3.63) is 95.7 Å². The Morgan fingerprint density at radius 3 is 2.62 bits per heavy atom. The number of rotatable bonds is 8. The number of hydrogen-bond acceptors (Lipinski definition) is 5. The number of pyridine rings is 1. The number of fused-ring (bicyclic) bond motifs is 2. The summed E-state index contributed by atoms with van der Waals surface area (Å²) in [6.07, 6.45) is 2.69. The second-order valence-corrected chi connectivity index (χ2v) is 12.1. The van der Waals surface area contributed by atoms with E-state index in [2.05, 4.69) is 4.98 Å². The van der Waals surface area contributed by atoms with Crippen LogP contribution in [0.1, 0.15) is 55.1 Å². The Balaban J connectivity index is 1.20. The van der Waals surface area contributed by atoms with E-state index in [0.29, 0.717) is 41.2 Å². The molecule has 10 heteroatoms. The lowest BCUT2D eigenvalue weighted by Crippen LogP contribution is -2.28. The van der Waals surface area contributed by atoms with Gasteiger partial charge in [0, 0.05) is 41.6 Å². The number of carboxylic acid groups (broad SMARTS) is 1. The minimum atomic E-state index is -2.78. The van der Waals surface area contributed by atoms with Crippen molar-refractivity contribution in [3.8, 4) is 5.75 Å². The lowest BCUT2D eigenvalue weighted by atomic mass is 9.78. The summed E-state index contributed by atoms with van der Waals surface area (Å²) in [5.74, 6) is -3.87. The fourth-order valence-electron chi connectivity index (χ4n) is 6.74. The molecule has 1 saturated heterocycles. The third-order valence-corrected chi connectivity index (χ3v) is 9.11. The van der Waals surface area contributed by atoms with Crippen LogP contribution in [0.5, 0.6) is 5.75 Å². The first-order chi connectivity index (χ1) is 21.7. The van der Waals surface area contributed by atoms with Gasteiger partial charge in [-0.2, -0.15) is 0 Å². The molecule has 3 heterocycles. The Hall–Kier alpha value is -4.60. The van der Waals surface area contributed by atoms with Gasteiger partial charge in [-0.25, -0.2) is 23.1 Å². The van der Waals surface area contributed by atoms with E-state index in [-0.39, 0.29) is 32.0 Å². The average molecular weight is 615 g/mol. The maximum atomic E-state index is 15.5. The third kappa shape index (κ3) is 5.93. The number of para-hydroxylation sites is 1. The molecular formula is C35H33F3N4O3. The summed E-state index contributed by atoms with van der Waals surface area (Å²) in [6, 6.07) is 21.9. The maximum absolute atomic E-state index is 15.5. The third-order valence-electron chi connectivity index (χ3n) is 9.11. The summed E-state index contributed by atoms with van der Waals surface area (Å²) in [6.45, 7) is 0.121. The zero-order valence-electron chi connectivity index (χ0n) is 24.6. The van der Waals surface area contributed by atoms with Crippen LogP contribution in [-0.4, -0.2) is 44.6 Å². The first-order valence-corrected chi connectivity index (χ1v) is 15.4. The Bertz CT molecular complexity index is 1890. The van der Waals surface area contributed by atoms with Gasteiger partial charge in [0.1, 0.15) is 24.0 Å². The van der Waals surface area contributed by atoms with E-state index >= 15 is 4.39 Å². The SMILES string of the molecule is O=C(O)[C@H]1CCCCC1c1nc2cc(OCc3ccc4ccccc4n3)ccc2n1Cc1ccc(N2CCC(F)(F)C2)cc1F. The Kier molecular flexibility index (Phi) is 7.59. The van der Waals surface area contributed by atoms with E-state index in [0.717, 1.165) is 35.0 Å². The molecule has 1 saturated carbocycles. The molecule has 0 bridgehead atoms. The average Bonchev–Trinajstić information content (AvgIpc) is 3.59. The molecule has 2 aromatic heterocycles. The van der Waals surface area contributed by atoms with Gasteiger partial charge in [-0.05, 0) is 49.2 Å². The molecule has 1 aliphatic heterocycles. The van der Waals surface area contributed by atoms with Crippen molar-refractivity contribution in [2.24, 2.45) is 5.92 Å². The molecule has 3 aromatic carbocycles. The highest BCUT2D eigenvalue weighted by molar-refractivity contribution is 5.79. The summed E-state index contributed by atoms with van der Waals surface area (Å²) >= 11 is 0. The molecule has 7 rings (SSSR count). The number of hydrogen-bond donors (Lipinski definition) is 1. The van der Waals surface area contributed by atoms with Gasteiger partial charge < -0.3 is 19.3 Å². The van der Waals surface area contributed by atoms with Crippen LogP contribution in [0.3, 0.4) is 0 Å². The van der Waals surface area contributed by atoms with E-state index < -0.39 is 30.2 Å². The molecule has 2 fully saturated rings. The highest BCUT2D eigenvalue weighted by atomic mass is 19.3. The standard InChI is InChI=1S/C35H33F3N4O3/c36-29-17-25(41-16-15-35(37,38)21-41)12-10-23(29)19-42-32-14-13-26(45-20-24-11-9-22-5-1-4-8-30(22)39-24)18-31(32)40-33(42)27-6-2-3-7-28(27)34(43)44/h1,4-5,8-14,17-18,27-28H,2-3,6-7,15-16,19-21H2,(H,43,44)/t27?,28-/m0/s1. The summed E-state index contributed by atoms with van der Waals surface area (Å²) in [4.78, 5) is 23.4. The molecule has 45 heavy (non-hydrogen) atoms. The Morgan fingerprint density at radius 2 is 1.82 bits per heavy atom. The van der Waals surface area contributed by atoms with Crippen LogP contribution in [0.15, 0.2) is 72.8 Å². The van der Waals surface area contributed by atoms with Gasteiger partial charge in [0.05, 0.1) is 41.3 Å². The topological polar surface area (TPSA) is 80.5 Å². The molecule has 0 spiro atoms. The van der Waals surface area contributed by atoms with Crippen molar-refractivity contribution >= 4 is 33.6 Å². The van der Waals surface area contributed by atoms with Crippen LogP contribution in [0.2, 0.25) is 0 Å². The zero-order chi connectivity index (χ0) is 31.1. The van der Waals surface area contributed by atoms with Crippen LogP contribution in [-0.2, 0) is 17.9 Å². The number of ether oxygens (including phenoxy) is 1. The smallest absolute Gasteiger partial charge is 0.307 e. The number of aliphatic carboxylic acids is 1. The number of aromatic nitrogens is 3. The molecule has 7 nitrogen and oxygen atoms in total. The number of benzene rings is 3. The van der Waals surface area contributed by atoms with E-state index in [1.807, 2.05) is 59.2 Å². The maximum Gasteiger partial charge on any atom is 0.307 e. The quantitative estimate of drug-likeness (QED) is 0.194. The number of anilines is 1. The number of halogens is 3. The molecule has 1 unspecified atom stereocenters. The number of imidazole rings is 1. The van der Waals surface area contributed by atoms with Crippen LogP contribution in [0.25, 0.3) is 21.9 Å². The van der Waals surface area contributed by atoms with E-state index in [1.54, 1.807) is 12.1 Å². The highest BCUT2D eigenvalue weighted by Gasteiger charge is 2.39. The normalized spacial score (nSPS) is 19.8. The van der Waals surface area contributed by atoms with Crippen molar-refractivity contribution in [3.63, 3.8) is 0 Å².